The van der Waals surface area contributed by atoms with Crippen LogP contribution in [-0.2, 0) is 9.53 Å². The Kier molecular flexibility index (Phi) is 6.26. The molecule has 148 valence electrons. The highest BCUT2D eigenvalue weighted by atomic mass is 16.5. The number of nitrogens with one attached hydrogen (secondary N) is 2. The average Bonchev–Trinajstić information content (AvgIpc) is 3.42. The van der Waals surface area contributed by atoms with E-state index >= 15 is 0 Å². The summed E-state index contributed by atoms with van der Waals surface area (Å²) in [5.41, 5.74) is 0.749. The summed E-state index contributed by atoms with van der Waals surface area (Å²) in [5.74, 6) is -1.17. The van der Waals surface area contributed by atoms with Crippen molar-refractivity contribution in [3.63, 3.8) is 0 Å². The highest BCUT2D eigenvalue weighted by Crippen LogP contribution is 2.14. The van der Waals surface area contributed by atoms with Crippen molar-refractivity contribution >= 4 is 29.5 Å². The molecule has 2 aromatic heterocycles. The molecule has 3 aromatic rings. The maximum atomic E-state index is 12.7. The van der Waals surface area contributed by atoms with Crippen molar-refractivity contribution in [2.75, 3.05) is 11.9 Å². The van der Waals surface area contributed by atoms with E-state index in [1.807, 2.05) is 0 Å². The van der Waals surface area contributed by atoms with Crippen LogP contribution in [-0.4, -0.2) is 24.4 Å². The Morgan fingerprint density at radius 2 is 1.72 bits per heavy atom. The first-order valence-corrected chi connectivity index (χ1v) is 8.75. The van der Waals surface area contributed by atoms with Crippen molar-refractivity contribution in [3.05, 3.63) is 83.8 Å². The quantitative estimate of drug-likeness (QED) is 0.469. The van der Waals surface area contributed by atoms with E-state index in [4.69, 9.17) is 13.6 Å². The molecule has 1 aromatic carbocycles. The number of benzene rings is 1. The number of furan rings is 2. The lowest BCUT2D eigenvalue weighted by molar-refractivity contribution is -0.113. The molecule has 0 bridgehead atoms. The first-order chi connectivity index (χ1) is 14.1. The largest absolute Gasteiger partial charge is 0.465 e. The van der Waals surface area contributed by atoms with Gasteiger partial charge in [0, 0.05) is 11.8 Å². The zero-order chi connectivity index (χ0) is 20.6. The molecule has 0 fully saturated rings. The van der Waals surface area contributed by atoms with Gasteiger partial charge in [0.2, 0.25) is 0 Å². The van der Waals surface area contributed by atoms with Gasteiger partial charge in [0.05, 0.1) is 24.7 Å². The molecule has 0 atom stereocenters. The molecular formula is C21H18N2O6. The zero-order valence-corrected chi connectivity index (χ0v) is 15.5. The summed E-state index contributed by atoms with van der Waals surface area (Å²) in [6.07, 6.45) is 4.20. The fraction of sp³-hybridized carbons (Fsp3) is 0.0952. The van der Waals surface area contributed by atoms with Gasteiger partial charge in [0.15, 0.2) is 5.76 Å². The minimum absolute atomic E-state index is 0.0455. The molecule has 8 heteroatoms. The summed E-state index contributed by atoms with van der Waals surface area (Å²) in [7, 11) is 0. The molecule has 0 saturated heterocycles. The number of hydrogen-bond acceptors (Lipinski definition) is 6. The van der Waals surface area contributed by atoms with Gasteiger partial charge in [0.1, 0.15) is 11.5 Å². The lowest BCUT2D eigenvalue weighted by Crippen LogP contribution is -2.30. The van der Waals surface area contributed by atoms with Gasteiger partial charge in [-0.1, -0.05) is 0 Å². The first-order valence-electron chi connectivity index (χ1n) is 8.75. The summed E-state index contributed by atoms with van der Waals surface area (Å²) < 4.78 is 15.2. The van der Waals surface area contributed by atoms with Crippen LogP contribution < -0.4 is 10.6 Å². The van der Waals surface area contributed by atoms with E-state index in [1.54, 1.807) is 37.3 Å². The monoisotopic (exact) mass is 394 g/mol. The van der Waals surface area contributed by atoms with Gasteiger partial charge in [-0.2, -0.15) is 0 Å². The summed E-state index contributed by atoms with van der Waals surface area (Å²) in [6.45, 7) is 1.99. The van der Waals surface area contributed by atoms with Gasteiger partial charge < -0.3 is 24.2 Å². The second kappa shape index (κ2) is 9.23. The van der Waals surface area contributed by atoms with Crippen LogP contribution in [0.3, 0.4) is 0 Å². The van der Waals surface area contributed by atoms with Gasteiger partial charge >= 0.3 is 5.97 Å². The fourth-order valence-electron chi connectivity index (χ4n) is 2.37. The fourth-order valence-corrected chi connectivity index (χ4v) is 2.37. The Labute approximate surface area is 166 Å². The van der Waals surface area contributed by atoms with Crippen LogP contribution in [0.4, 0.5) is 5.69 Å². The number of rotatable bonds is 7. The predicted octanol–water partition coefficient (Wildman–Crippen LogP) is 3.46. The number of carbonyl (C=O) groups excluding carboxylic acids is 3. The predicted molar refractivity (Wildman–Crippen MR) is 104 cm³/mol. The van der Waals surface area contributed by atoms with Gasteiger partial charge in [-0.25, -0.2) is 4.79 Å². The zero-order valence-electron chi connectivity index (χ0n) is 15.5. The first kappa shape index (κ1) is 19.7. The molecule has 2 N–H and O–H groups in total. The molecule has 0 aliphatic carbocycles. The van der Waals surface area contributed by atoms with Crippen LogP contribution in [0, 0.1) is 0 Å². The summed E-state index contributed by atoms with van der Waals surface area (Å²) >= 11 is 0. The van der Waals surface area contributed by atoms with E-state index in [0.29, 0.717) is 17.0 Å². The highest BCUT2D eigenvalue weighted by Gasteiger charge is 2.17. The Balaban J connectivity index is 1.76. The van der Waals surface area contributed by atoms with Crippen LogP contribution in [0.1, 0.15) is 33.6 Å². The van der Waals surface area contributed by atoms with Crippen molar-refractivity contribution in [3.8, 4) is 0 Å². The van der Waals surface area contributed by atoms with Crippen molar-refractivity contribution < 1.29 is 28.0 Å². The molecular weight excluding hydrogens is 376 g/mol. The van der Waals surface area contributed by atoms with E-state index in [2.05, 4.69) is 10.6 Å². The molecule has 0 unspecified atom stereocenters. The topological polar surface area (TPSA) is 111 Å². The SMILES string of the molecule is CCOC(=O)c1ccc(NC(=O)/C(=C/c2ccco2)NC(=O)c2ccco2)cc1. The molecule has 29 heavy (non-hydrogen) atoms. The standard InChI is InChI=1S/C21H18N2O6/c1-2-27-21(26)14-7-9-15(10-8-14)22-19(24)17(13-16-5-3-11-28-16)23-20(25)18-6-4-12-29-18/h3-13H,2H2,1H3,(H,22,24)(H,23,25)/b17-13-. The molecule has 2 heterocycles. The minimum Gasteiger partial charge on any atom is -0.465 e. The molecule has 3 rings (SSSR count). The van der Waals surface area contributed by atoms with Crippen LogP contribution in [0.15, 0.2) is 75.6 Å². The third-order valence-electron chi connectivity index (χ3n) is 3.72. The molecule has 0 radical (unpaired) electrons. The molecule has 0 aliphatic heterocycles. The highest BCUT2D eigenvalue weighted by molar-refractivity contribution is 6.10. The minimum atomic E-state index is -0.583. The van der Waals surface area contributed by atoms with Crippen molar-refractivity contribution in [1.29, 1.82) is 0 Å². The molecule has 0 saturated carbocycles. The van der Waals surface area contributed by atoms with Crippen LogP contribution >= 0.6 is 0 Å². The normalized spacial score (nSPS) is 11.0. The number of amides is 2. The Morgan fingerprint density at radius 1 is 1.00 bits per heavy atom. The number of hydrogen-bond donors (Lipinski definition) is 2. The van der Waals surface area contributed by atoms with Crippen LogP contribution in [0.5, 0.6) is 0 Å². The Hall–Kier alpha value is -4.07. The number of esters is 1. The van der Waals surface area contributed by atoms with E-state index < -0.39 is 17.8 Å². The van der Waals surface area contributed by atoms with Crippen LogP contribution in [0.2, 0.25) is 0 Å². The van der Waals surface area contributed by atoms with Gasteiger partial charge in [0.25, 0.3) is 11.8 Å². The Bertz CT molecular complexity index is 1000. The molecule has 0 aliphatic rings. The summed E-state index contributed by atoms with van der Waals surface area (Å²) in [6, 6.07) is 12.5. The summed E-state index contributed by atoms with van der Waals surface area (Å²) in [5, 5.41) is 5.16. The Morgan fingerprint density at radius 3 is 2.34 bits per heavy atom. The van der Waals surface area contributed by atoms with E-state index in [0.717, 1.165) is 0 Å². The van der Waals surface area contributed by atoms with Gasteiger partial charge in [-0.05, 0) is 55.5 Å². The smallest absolute Gasteiger partial charge is 0.338 e. The van der Waals surface area contributed by atoms with E-state index in [-0.39, 0.29) is 18.1 Å². The third-order valence-corrected chi connectivity index (χ3v) is 3.72. The number of anilines is 1. The maximum Gasteiger partial charge on any atom is 0.338 e. The average molecular weight is 394 g/mol. The molecule has 8 nitrogen and oxygen atoms in total. The van der Waals surface area contributed by atoms with E-state index in [1.165, 1.54) is 36.8 Å². The van der Waals surface area contributed by atoms with Gasteiger partial charge in [-0.15, -0.1) is 0 Å². The third kappa shape index (κ3) is 5.23. The van der Waals surface area contributed by atoms with Gasteiger partial charge in [-0.3, -0.25) is 9.59 Å². The summed E-state index contributed by atoms with van der Waals surface area (Å²) in [4.78, 5) is 36.7. The van der Waals surface area contributed by atoms with Crippen molar-refractivity contribution in [1.82, 2.24) is 5.32 Å². The van der Waals surface area contributed by atoms with Crippen molar-refractivity contribution in [2.45, 2.75) is 6.92 Å². The van der Waals surface area contributed by atoms with E-state index in [9.17, 15) is 14.4 Å². The molecule has 2 amide bonds. The lowest BCUT2D eigenvalue weighted by atomic mass is 10.2. The van der Waals surface area contributed by atoms with Crippen LogP contribution in [0.25, 0.3) is 6.08 Å². The second-order valence-electron chi connectivity index (χ2n) is 5.76. The lowest BCUT2D eigenvalue weighted by Gasteiger charge is -2.10. The van der Waals surface area contributed by atoms with Crippen molar-refractivity contribution in [2.24, 2.45) is 0 Å². The molecule has 0 spiro atoms. The second-order valence-corrected chi connectivity index (χ2v) is 5.76. The maximum absolute atomic E-state index is 12.7. The number of carbonyl (C=O) groups is 3. The number of ether oxygens (including phenoxy) is 1.